The number of nitrogens with one attached hydrogen (secondary N) is 1. The smallest absolute Gasteiger partial charge is 0.277 e. The Labute approximate surface area is 141 Å². The first-order valence-corrected chi connectivity index (χ1v) is 8.29. The standard InChI is InChI=1S/C14H12ClN3O2S2/c1-18-11(14(19)17-10-5-3-4-6-16-10)12(20-2)13-8(22-18)7-9(15)21-13/h3-7H,1-2H3,(H,16,17,19). The van der Waals surface area contributed by atoms with Crippen molar-refractivity contribution in [3.8, 4) is 0 Å². The first kappa shape index (κ1) is 15.2. The number of anilines is 1. The monoisotopic (exact) mass is 353 g/mol. The van der Waals surface area contributed by atoms with Crippen molar-refractivity contribution in [1.29, 1.82) is 0 Å². The minimum absolute atomic E-state index is 0.277. The lowest BCUT2D eigenvalue weighted by Gasteiger charge is -2.27. The zero-order chi connectivity index (χ0) is 15.7. The minimum atomic E-state index is -0.277. The van der Waals surface area contributed by atoms with Gasteiger partial charge in [0.25, 0.3) is 5.91 Å². The average molecular weight is 354 g/mol. The molecule has 1 N–H and O–H groups in total. The third kappa shape index (κ3) is 2.79. The minimum Gasteiger partial charge on any atom is -0.493 e. The van der Waals surface area contributed by atoms with Gasteiger partial charge >= 0.3 is 0 Å². The lowest BCUT2D eigenvalue weighted by atomic mass is 10.2. The quantitative estimate of drug-likeness (QED) is 0.852. The van der Waals surface area contributed by atoms with E-state index in [1.807, 2.05) is 19.2 Å². The van der Waals surface area contributed by atoms with Gasteiger partial charge in [-0.15, -0.1) is 11.3 Å². The fourth-order valence-corrected chi connectivity index (χ4v) is 4.48. The molecule has 0 saturated heterocycles. The van der Waals surface area contributed by atoms with E-state index in [2.05, 4.69) is 10.3 Å². The van der Waals surface area contributed by atoms with E-state index in [9.17, 15) is 4.79 Å². The van der Waals surface area contributed by atoms with Crippen molar-refractivity contribution in [2.75, 3.05) is 19.5 Å². The second-order valence-electron chi connectivity index (χ2n) is 4.38. The number of methoxy groups -OCH3 is 1. The molecule has 3 rings (SSSR count). The number of likely N-dealkylation sites (N-methyl/N-ethyl adjacent to an activating group) is 1. The lowest BCUT2D eigenvalue weighted by molar-refractivity contribution is -0.113. The zero-order valence-electron chi connectivity index (χ0n) is 11.8. The molecule has 0 bridgehead atoms. The van der Waals surface area contributed by atoms with Crippen molar-refractivity contribution >= 4 is 52.4 Å². The fourth-order valence-electron chi connectivity index (χ4n) is 2.06. The zero-order valence-corrected chi connectivity index (χ0v) is 14.2. The van der Waals surface area contributed by atoms with Crippen LogP contribution in [0.25, 0.3) is 5.76 Å². The Hall–Kier alpha value is -1.70. The molecule has 0 spiro atoms. The third-order valence-electron chi connectivity index (χ3n) is 2.97. The van der Waals surface area contributed by atoms with Crippen LogP contribution in [-0.4, -0.2) is 29.4 Å². The number of aromatic nitrogens is 1. The van der Waals surface area contributed by atoms with Crippen LogP contribution >= 0.6 is 34.9 Å². The molecule has 0 atom stereocenters. The van der Waals surface area contributed by atoms with Gasteiger partial charge < -0.3 is 14.4 Å². The van der Waals surface area contributed by atoms with Crippen LogP contribution in [0.4, 0.5) is 5.82 Å². The predicted octanol–water partition coefficient (Wildman–Crippen LogP) is 3.70. The van der Waals surface area contributed by atoms with Crippen LogP contribution in [0.15, 0.2) is 41.1 Å². The summed E-state index contributed by atoms with van der Waals surface area (Å²) in [6, 6.07) is 7.20. The molecule has 0 saturated carbocycles. The first-order chi connectivity index (χ1) is 10.6. The molecular formula is C14H12ClN3O2S2. The summed E-state index contributed by atoms with van der Waals surface area (Å²) in [5, 5.41) is 2.77. The number of thiophene rings is 1. The molecule has 0 unspecified atom stereocenters. The van der Waals surface area contributed by atoms with Crippen molar-refractivity contribution in [3.05, 3.63) is 45.4 Å². The highest BCUT2D eigenvalue weighted by molar-refractivity contribution is 7.97. The topological polar surface area (TPSA) is 54.5 Å². The SMILES string of the molecule is COC1=C(C(=O)Nc2ccccn2)N(C)Sc2cc(Cl)sc21. The molecule has 0 radical (unpaired) electrons. The molecule has 2 aromatic heterocycles. The van der Waals surface area contributed by atoms with E-state index < -0.39 is 0 Å². The number of hydrogen-bond acceptors (Lipinski definition) is 6. The number of hydrogen-bond donors (Lipinski definition) is 1. The van der Waals surface area contributed by atoms with Gasteiger partial charge in [-0.25, -0.2) is 4.98 Å². The summed E-state index contributed by atoms with van der Waals surface area (Å²) in [5.74, 6) is 0.728. The number of rotatable bonds is 3. The summed E-state index contributed by atoms with van der Waals surface area (Å²) in [5.41, 5.74) is 0.434. The number of amides is 1. The van der Waals surface area contributed by atoms with Gasteiger partial charge in [-0.05, 0) is 30.1 Å². The number of ether oxygens (including phenoxy) is 1. The van der Waals surface area contributed by atoms with Crippen molar-refractivity contribution in [2.24, 2.45) is 0 Å². The van der Waals surface area contributed by atoms with Crippen LogP contribution in [0.3, 0.4) is 0 Å². The number of fused-ring (bicyclic) bond motifs is 1. The van der Waals surface area contributed by atoms with E-state index >= 15 is 0 Å². The number of carbonyl (C=O) groups excluding carboxylic acids is 1. The second kappa shape index (κ2) is 6.20. The summed E-state index contributed by atoms with van der Waals surface area (Å²) >= 11 is 8.91. The highest BCUT2D eigenvalue weighted by Gasteiger charge is 2.31. The van der Waals surface area contributed by atoms with E-state index in [1.165, 1.54) is 23.3 Å². The van der Waals surface area contributed by atoms with Crippen molar-refractivity contribution < 1.29 is 9.53 Å². The number of halogens is 1. The molecule has 5 nitrogen and oxygen atoms in total. The van der Waals surface area contributed by atoms with Crippen molar-refractivity contribution in [3.63, 3.8) is 0 Å². The van der Waals surface area contributed by atoms with Gasteiger partial charge in [0.1, 0.15) is 5.82 Å². The Morgan fingerprint density at radius 2 is 2.27 bits per heavy atom. The Morgan fingerprint density at radius 3 is 2.95 bits per heavy atom. The molecule has 1 aliphatic rings. The highest BCUT2D eigenvalue weighted by Crippen LogP contribution is 2.46. The molecule has 0 aromatic carbocycles. The molecule has 0 fully saturated rings. The van der Waals surface area contributed by atoms with E-state index in [-0.39, 0.29) is 5.91 Å². The maximum atomic E-state index is 12.6. The number of pyridine rings is 1. The van der Waals surface area contributed by atoms with Gasteiger partial charge in [-0.1, -0.05) is 17.7 Å². The number of carbonyl (C=O) groups is 1. The van der Waals surface area contributed by atoms with E-state index in [1.54, 1.807) is 29.7 Å². The Bertz CT molecular complexity index is 746. The predicted molar refractivity (Wildman–Crippen MR) is 89.7 cm³/mol. The highest BCUT2D eigenvalue weighted by atomic mass is 35.5. The number of nitrogens with zero attached hydrogens (tertiary/aromatic N) is 2. The van der Waals surface area contributed by atoms with Gasteiger partial charge in [0.2, 0.25) is 0 Å². The largest absolute Gasteiger partial charge is 0.493 e. The fraction of sp³-hybridized carbons (Fsp3) is 0.143. The molecule has 1 aliphatic heterocycles. The van der Waals surface area contributed by atoms with Crippen LogP contribution in [0.2, 0.25) is 4.34 Å². The molecule has 1 amide bonds. The molecule has 22 heavy (non-hydrogen) atoms. The van der Waals surface area contributed by atoms with E-state index in [4.69, 9.17) is 16.3 Å². The van der Waals surface area contributed by atoms with Crippen LogP contribution in [0.5, 0.6) is 0 Å². The van der Waals surface area contributed by atoms with Crippen LogP contribution in [0.1, 0.15) is 4.88 Å². The van der Waals surface area contributed by atoms with Crippen molar-refractivity contribution in [1.82, 2.24) is 9.29 Å². The average Bonchev–Trinajstić information content (AvgIpc) is 2.86. The van der Waals surface area contributed by atoms with Gasteiger partial charge in [0.15, 0.2) is 11.5 Å². The summed E-state index contributed by atoms with van der Waals surface area (Å²) in [7, 11) is 3.36. The summed E-state index contributed by atoms with van der Waals surface area (Å²) in [6.45, 7) is 0. The van der Waals surface area contributed by atoms with Crippen LogP contribution in [0, 0.1) is 0 Å². The molecule has 2 aromatic rings. The summed E-state index contributed by atoms with van der Waals surface area (Å²) in [4.78, 5) is 18.5. The molecule has 3 heterocycles. The van der Waals surface area contributed by atoms with E-state index in [0.717, 1.165) is 9.77 Å². The Kier molecular flexibility index (Phi) is 4.28. The Morgan fingerprint density at radius 1 is 1.45 bits per heavy atom. The van der Waals surface area contributed by atoms with Gasteiger partial charge in [-0.2, -0.15) is 0 Å². The molecular weight excluding hydrogens is 342 g/mol. The third-order valence-corrected chi connectivity index (χ3v) is 5.33. The van der Waals surface area contributed by atoms with Crippen LogP contribution in [-0.2, 0) is 9.53 Å². The normalized spacial score (nSPS) is 13.9. The van der Waals surface area contributed by atoms with Gasteiger partial charge in [0.05, 0.1) is 21.2 Å². The maximum Gasteiger partial charge on any atom is 0.277 e. The molecule has 114 valence electrons. The van der Waals surface area contributed by atoms with Crippen molar-refractivity contribution in [2.45, 2.75) is 4.90 Å². The second-order valence-corrected chi connectivity index (χ2v) is 7.24. The van der Waals surface area contributed by atoms with E-state index in [0.29, 0.717) is 21.6 Å². The van der Waals surface area contributed by atoms with Gasteiger partial charge in [0, 0.05) is 13.2 Å². The summed E-state index contributed by atoms with van der Waals surface area (Å²) < 4.78 is 7.89. The molecule has 8 heteroatoms. The van der Waals surface area contributed by atoms with Crippen LogP contribution < -0.4 is 5.32 Å². The first-order valence-electron chi connectivity index (χ1n) is 6.32. The molecule has 0 aliphatic carbocycles. The van der Waals surface area contributed by atoms with Gasteiger partial charge in [-0.3, -0.25) is 4.79 Å². The summed E-state index contributed by atoms with van der Waals surface area (Å²) in [6.07, 6.45) is 1.62. The maximum absolute atomic E-state index is 12.6. The lowest BCUT2D eigenvalue weighted by Crippen LogP contribution is -2.27. The Balaban J connectivity index is 1.99.